The topological polar surface area (TPSA) is 163 Å². The SMILES string of the molecule is CC(=O)[O-].CC(O)C(=O)[O-].O.O.[Ca+2].[Cl-].[Cl-].[Cl-].[Cl-].[Cl-].[Cl-].[K+].[Mg+2].[Na+].[Na+].[Na+]. The standard InChI is InChI=1S/C3H6O3.C2H4O2.Ca.6ClH.K.Mg.3Na.2H2O/c1-2(4)3(5)6;1-2(3)4;;;;;;;;;;;;;;/h2,4H,1H3,(H,5,6);1H3,(H,3,4);;6*1H;;;;;;2*1H2/q;;+2;;;;;;;+1;+2;3*+1;;/p-8. The molecule has 1 atom stereocenters. The molecule has 0 aromatic rings. The fourth-order valence-electron chi connectivity index (χ4n) is 0. The van der Waals surface area contributed by atoms with Gasteiger partial charge in [-0.1, -0.05) is 0 Å². The number of aliphatic hydroxyl groups is 1. The van der Waals surface area contributed by atoms with Gasteiger partial charge in [-0.05, 0) is 13.8 Å². The van der Waals surface area contributed by atoms with Crippen LogP contribution in [0.2, 0.25) is 0 Å². The van der Waals surface area contributed by atoms with E-state index in [1.165, 1.54) is 0 Å². The van der Waals surface area contributed by atoms with Crippen LogP contribution < -0.4 is 225 Å². The zero-order valence-electron chi connectivity index (χ0n) is 14.3. The van der Waals surface area contributed by atoms with Gasteiger partial charge in [0, 0.05) is 5.97 Å². The van der Waals surface area contributed by atoms with Gasteiger partial charge in [0.1, 0.15) is 0 Å². The molecule has 124 valence electrons. The Bertz CT molecular complexity index is 162. The molecule has 0 aliphatic carbocycles. The molecule has 5 N–H and O–H groups in total. The molecular formula is C5H12CaCl6KMgNa3O7. The van der Waals surface area contributed by atoms with Crippen LogP contribution in [0.3, 0.4) is 0 Å². The molecule has 0 aliphatic heterocycles. The average Bonchev–Trinajstić information content (AvgIpc) is 1.63. The normalized spacial score (nSPS) is 4.46. The van der Waals surface area contributed by atoms with Crippen LogP contribution in [-0.4, -0.2) is 94.9 Å². The fraction of sp³-hybridized carbons (Fsp3) is 0.600. The van der Waals surface area contributed by atoms with Gasteiger partial charge in [0.15, 0.2) is 0 Å². The maximum absolute atomic E-state index is 9.34. The minimum atomic E-state index is -1.44. The molecule has 0 aromatic heterocycles. The van der Waals surface area contributed by atoms with Crippen LogP contribution in [0.5, 0.6) is 0 Å². The number of hydrogen-bond acceptors (Lipinski definition) is 5. The van der Waals surface area contributed by atoms with Crippen molar-refractivity contribution in [3.63, 3.8) is 0 Å². The van der Waals surface area contributed by atoms with Gasteiger partial charge in [-0.25, -0.2) is 0 Å². The predicted octanol–water partition coefficient (Wildman–Crippen LogP) is -35.5. The maximum Gasteiger partial charge on any atom is 2.00 e. The van der Waals surface area contributed by atoms with Crippen LogP contribution in [-0.2, 0) is 9.59 Å². The summed E-state index contributed by atoms with van der Waals surface area (Å²) in [6.45, 7) is 2.11. The Labute approximate surface area is 334 Å². The van der Waals surface area contributed by atoms with E-state index in [0.29, 0.717) is 0 Å². The Morgan fingerprint density at radius 3 is 0.875 bits per heavy atom. The van der Waals surface area contributed by atoms with Crippen molar-refractivity contribution in [3.8, 4) is 0 Å². The first-order valence-corrected chi connectivity index (χ1v) is 2.44. The van der Waals surface area contributed by atoms with E-state index in [1.54, 1.807) is 0 Å². The van der Waals surface area contributed by atoms with Crippen LogP contribution in [0, 0.1) is 0 Å². The van der Waals surface area contributed by atoms with Crippen LogP contribution >= 0.6 is 0 Å². The van der Waals surface area contributed by atoms with E-state index in [9.17, 15) is 9.90 Å². The number of rotatable bonds is 1. The molecule has 0 spiro atoms. The van der Waals surface area contributed by atoms with Crippen molar-refractivity contribution in [1.29, 1.82) is 0 Å². The van der Waals surface area contributed by atoms with E-state index in [2.05, 4.69) is 0 Å². The van der Waals surface area contributed by atoms with Crippen molar-refractivity contribution in [1.82, 2.24) is 0 Å². The number of aliphatic carboxylic acids is 2. The van der Waals surface area contributed by atoms with Gasteiger partial charge in [0.05, 0.1) is 12.1 Å². The Kier molecular flexibility index (Phi) is 503. The van der Waals surface area contributed by atoms with E-state index in [4.69, 9.17) is 15.0 Å². The molecule has 0 heterocycles. The van der Waals surface area contributed by atoms with Gasteiger partial charge in [-0.15, -0.1) is 0 Å². The number of aliphatic hydroxyl groups excluding tert-OH is 1. The van der Waals surface area contributed by atoms with Crippen LogP contribution in [0.25, 0.3) is 0 Å². The summed E-state index contributed by atoms with van der Waals surface area (Å²) in [5.74, 6) is -2.52. The third-order valence-electron chi connectivity index (χ3n) is 0.341. The number of carboxylic acid groups (broad SMARTS) is 2. The number of hydrogen-bond donors (Lipinski definition) is 1. The molecule has 0 amide bonds. The summed E-state index contributed by atoms with van der Waals surface area (Å²) in [5, 5.41) is 26.2. The molecule has 0 radical (unpaired) electrons. The van der Waals surface area contributed by atoms with Gasteiger partial charge in [-0.2, -0.15) is 0 Å². The molecule has 0 bridgehead atoms. The van der Waals surface area contributed by atoms with Crippen LogP contribution in [0.4, 0.5) is 0 Å². The first kappa shape index (κ1) is 123. The van der Waals surface area contributed by atoms with E-state index < -0.39 is 18.0 Å². The minimum Gasteiger partial charge on any atom is -1.00 e. The Balaban J connectivity index is -0.00000000244. The molecule has 0 aliphatic rings. The fourth-order valence-corrected chi connectivity index (χ4v) is 0. The largest absolute Gasteiger partial charge is 2.00 e. The van der Waals surface area contributed by atoms with E-state index in [0.717, 1.165) is 13.8 Å². The summed E-state index contributed by atoms with van der Waals surface area (Å²) in [7, 11) is 0. The van der Waals surface area contributed by atoms with Crippen LogP contribution in [0.15, 0.2) is 0 Å². The molecule has 24 heavy (non-hydrogen) atoms. The molecule has 0 aromatic carbocycles. The van der Waals surface area contributed by atoms with E-state index >= 15 is 0 Å². The smallest absolute Gasteiger partial charge is 1.00 e. The molecule has 19 heteroatoms. The average molecular weight is 569 g/mol. The van der Waals surface area contributed by atoms with E-state index in [-0.39, 0.29) is 286 Å². The van der Waals surface area contributed by atoms with Gasteiger partial charge in [-0.3, -0.25) is 0 Å². The molecule has 0 saturated carbocycles. The molecule has 0 rings (SSSR count). The molecule has 0 fully saturated rings. The predicted molar refractivity (Wildman–Crippen MR) is 46.1 cm³/mol. The monoisotopic (exact) mass is 566 g/mol. The quantitative estimate of drug-likeness (QED) is 0.310. The Morgan fingerprint density at radius 1 is 0.833 bits per heavy atom. The van der Waals surface area contributed by atoms with Crippen molar-refractivity contribution in [2.24, 2.45) is 0 Å². The summed E-state index contributed by atoms with van der Waals surface area (Å²) in [6.07, 6.45) is -1.34. The zero-order valence-corrected chi connectivity index (χ0v) is 31.6. The van der Waals surface area contributed by atoms with Gasteiger partial charge in [0.25, 0.3) is 0 Å². The molecule has 7 nitrogen and oxygen atoms in total. The first-order valence-electron chi connectivity index (χ1n) is 2.44. The Morgan fingerprint density at radius 2 is 0.875 bits per heavy atom. The van der Waals surface area contributed by atoms with Crippen molar-refractivity contribution >= 4 is 72.7 Å². The number of halogens is 6. The first-order chi connectivity index (χ1) is 4.37. The Hall–Kier alpha value is 7.22. The maximum atomic E-state index is 9.34. The van der Waals surface area contributed by atoms with Crippen molar-refractivity contribution in [2.45, 2.75) is 20.0 Å². The van der Waals surface area contributed by atoms with E-state index in [1.807, 2.05) is 0 Å². The number of carbonyl (C=O) groups is 2. The summed E-state index contributed by atoms with van der Waals surface area (Å²) < 4.78 is 0. The molecular weight excluding hydrogens is 557 g/mol. The minimum absolute atomic E-state index is 0. The third-order valence-corrected chi connectivity index (χ3v) is 0.341. The summed E-state index contributed by atoms with van der Waals surface area (Å²) >= 11 is 0. The van der Waals surface area contributed by atoms with Crippen molar-refractivity contribution in [2.75, 3.05) is 0 Å². The summed E-state index contributed by atoms with van der Waals surface area (Å²) in [6, 6.07) is 0. The number of carbonyl (C=O) groups excluding carboxylic acids is 2. The van der Waals surface area contributed by atoms with Gasteiger partial charge < -0.3 is 110 Å². The van der Waals surface area contributed by atoms with Crippen molar-refractivity contribution < 1.29 is 250 Å². The van der Waals surface area contributed by atoms with Gasteiger partial charge >= 0.3 is 201 Å². The van der Waals surface area contributed by atoms with Crippen LogP contribution in [0.1, 0.15) is 13.8 Å². The molecule has 0 saturated heterocycles. The third kappa shape index (κ3) is 185. The second kappa shape index (κ2) is 98.1. The van der Waals surface area contributed by atoms with Gasteiger partial charge in [0.2, 0.25) is 0 Å². The summed E-state index contributed by atoms with van der Waals surface area (Å²) in [4.78, 5) is 18.2. The second-order valence-electron chi connectivity index (χ2n) is 1.49. The zero-order chi connectivity index (χ0) is 8.73. The second-order valence-corrected chi connectivity index (χ2v) is 1.49. The number of carboxylic acids is 2. The summed E-state index contributed by atoms with van der Waals surface area (Å²) in [5.41, 5.74) is 0. The van der Waals surface area contributed by atoms with Crippen molar-refractivity contribution in [3.05, 3.63) is 0 Å². The molecule has 1 unspecified atom stereocenters.